The number of ether oxygens (including phenoxy) is 1. The molecule has 100 valence electrons. The number of pyridine rings is 1. The standard InChI is InChI=1S/C15H17BrN2O/c1-12-11-13(16)6-7-14(12)19-10-4-9-18-15-5-2-3-8-17-15/h2-3,5-8,11H,4,9-10H2,1H3,(H,17,18). The highest BCUT2D eigenvalue weighted by Crippen LogP contribution is 2.22. The van der Waals surface area contributed by atoms with Gasteiger partial charge in [0, 0.05) is 17.2 Å². The topological polar surface area (TPSA) is 34.1 Å². The molecule has 1 aromatic heterocycles. The van der Waals surface area contributed by atoms with Crippen LogP contribution in [0.15, 0.2) is 47.1 Å². The molecule has 0 aliphatic carbocycles. The zero-order chi connectivity index (χ0) is 13.5. The first kappa shape index (κ1) is 13.9. The van der Waals surface area contributed by atoms with Gasteiger partial charge in [0.25, 0.3) is 0 Å². The molecule has 0 amide bonds. The van der Waals surface area contributed by atoms with Crippen molar-refractivity contribution in [3.8, 4) is 5.75 Å². The van der Waals surface area contributed by atoms with E-state index in [1.54, 1.807) is 6.20 Å². The van der Waals surface area contributed by atoms with Gasteiger partial charge in [-0.3, -0.25) is 0 Å². The zero-order valence-electron chi connectivity index (χ0n) is 10.9. The molecular formula is C15H17BrN2O. The van der Waals surface area contributed by atoms with Crippen LogP contribution in [0.4, 0.5) is 5.82 Å². The van der Waals surface area contributed by atoms with Gasteiger partial charge >= 0.3 is 0 Å². The van der Waals surface area contributed by atoms with Crippen molar-refractivity contribution in [1.29, 1.82) is 0 Å². The number of hydrogen-bond acceptors (Lipinski definition) is 3. The van der Waals surface area contributed by atoms with Crippen molar-refractivity contribution in [3.63, 3.8) is 0 Å². The molecule has 0 fully saturated rings. The van der Waals surface area contributed by atoms with E-state index in [1.165, 1.54) is 0 Å². The second-order valence-corrected chi connectivity index (χ2v) is 5.17. The Bertz CT molecular complexity index is 517. The molecule has 0 radical (unpaired) electrons. The van der Waals surface area contributed by atoms with Gasteiger partial charge in [-0.2, -0.15) is 0 Å². The molecule has 1 N–H and O–H groups in total. The molecule has 0 aliphatic rings. The van der Waals surface area contributed by atoms with Crippen molar-refractivity contribution in [2.24, 2.45) is 0 Å². The first-order valence-corrected chi connectivity index (χ1v) is 7.09. The lowest BCUT2D eigenvalue weighted by Gasteiger charge is -2.10. The summed E-state index contributed by atoms with van der Waals surface area (Å²) in [5, 5.41) is 3.26. The molecule has 3 nitrogen and oxygen atoms in total. The van der Waals surface area contributed by atoms with E-state index in [0.29, 0.717) is 6.61 Å². The van der Waals surface area contributed by atoms with E-state index in [0.717, 1.165) is 34.6 Å². The van der Waals surface area contributed by atoms with Crippen molar-refractivity contribution in [2.75, 3.05) is 18.5 Å². The van der Waals surface area contributed by atoms with Crippen molar-refractivity contribution in [2.45, 2.75) is 13.3 Å². The van der Waals surface area contributed by atoms with Crippen LogP contribution in [-0.4, -0.2) is 18.1 Å². The van der Waals surface area contributed by atoms with Gasteiger partial charge in [-0.25, -0.2) is 4.98 Å². The summed E-state index contributed by atoms with van der Waals surface area (Å²) < 4.78 is 6.83. The summed E-state index contributed by atoms with van der Waals surface area (Å²) >= 11 is 3.44. The van der Waals surface area contributed by atoms with Crippen molar-refractivity contribution in [1.82, 2.24) is 4.98 Å². The maximum absolute atomic E-state index is 5.75. The van der Waals surface area contributed by atoms with Crippen LogP contribution in [0.2, 0.25) is 0 Å². The monoisotopic (exact) mass is 320 g/mol. The quantitative estimate of drug-likeness (QED) is 0.816. The molecule has 0 aliphatic heterocycles. The summed E-state index contributed by atoms with van der Waals surface area (Å²) in [5.74, 6) is 1.85. The van der Waals surface area contributed by atoms with E-state index in [2.05, 4.69) is 32.3 Å². The van der Waals surface area contributed by atoms with Crippen LogP contribution in [0, 0.1) is 6.92 Å². The highest BCUT2D eigenvalue weighted by atomic mass is 79.9. The molecule has 1 aromatic carbocycles. The van der Waals surface area contributed by atoms with Gasteiger partial charge in [-0.15, -0.1) is 0 Å². The number of benzene rings is 1. The minimum Gasteiger partial charge on any atom is -0.493 e. The summed E-state index contributed by atoms with van der Waals surface area (Å²) in [6.07, 6.45) is 2.72. The van der Waals surface area contributed by atoms with E-state index in [9.17, 15) is 0 Å². The largest absolute Gasteiger partial charge is 0.493 e. The number of anilines is 1. The fourth-order valence-electron chi connectivity index (χ4n) is 1.71. The van der Waals surface area contributed by atoms with Crippen LogP contribution < -0.4 is 10.1 Å². The average molecular weight is 321 g/mol. The fraction of sp³-hybridized carbons (Fsp3) is 0.267. The predicted octanol–water partition coefficient (Wildman–Crippen LogP) is 4.03. The molecule has 0 saturated carbocycles. The number of aryl methyl sites for hydroxylation is 1. The van der Waals surface area contributed by atoms with Crippen LogP contribution >= 0.6 is 15.9 Å². The predicted molar refractivity (Wildman–Crippen MR) is 81.7 cm³/mol. The molecule has 0 spiro atoms. The molecule has 0 atom stereocenters. The fourth-order valence-corrected chi connectivity index (χ4v) is 2.19. The zero-order valence-corrected chi connectivity index (χ0v) is 12.5. The van der Waals surface area contributed by atoms with E-state index >= 15 is 0 Å². The van der Waals surface area contributed by atoms with E-state index in [4.69, 9.17) is 4.74 Å². The second kappa shape index (κ2) is 7.14. The highest BCUT2D eigenvalue weighted by Gasteiger charge is 1.99. The molecule has 0 bridgehead atoms. The first-order chi connectivity index (χ1) is 9.25. The number of halogens is 1. The lowest BCUT2D eigenvalue weighted by molar-refractivity contribution is 0.313. The summed E-state index contributed by atoms with van der Waals surface area (Å²) in [6, 6.07) is 11.9. The number of rotatable bonds is 6. The summed E-state index contributed by atoms with van der Waals surface area (Å²) in [5.41, 5.74) is 1.15. The third kappa shape index (κ3) is 4.56. The Morgan fingerprint density at radius 1 is 1.26 bits per heavy atom. The van der Waals surface area contributed by atoms with Gasteiger partial charge < -0.3 is 10.1 Å². The Kier molecular flexibility index (Phi) is 5.21. The van der Waals surface area contributed by atoms with Crippen LogP contribution in [0.25, 0.3) is 0 Å². The smallest absolute Gasteiger partial charge is 0.125 e. The molecule has 1 heterocycles. The molecule has 19 heavy (non-hydrogen) atoms. The molecule has 0 saturated heterocycles. The number of nitrogens with zero attached hydrogens (tertiary/aromatic N) is 1. The van der Waals surface area contributed by atoms with Crippen LogP contribution in [-0.2, 0) is 0 Å². The van der Waals surface area contributed by atoms with Gasteiger partial charge in [-0.05, 0) is 49.2 Å². The Morgan fingerprint density at radius 2 is 2.16 bits per heavy atom. The number of aromatic nitrogens is 1. The van der Waals surface area contributed by atoms with E-state index in [1.807, 2.05) is 37.3 Å². The summed E-state index contributed by atoms with van der Waals surface area (Å²) in [7, 11) is 0. The minimum absolute atomic E-state index is 0.697. The maximum Gasteiger partial charge on any atom is 0.125 e. The summed E-state index contributed by atoms with van der Waals surface area (Å²) in [6.45, 7) is 3.60. The van der Waals surface area contributed by atoms with Crippen molar-refractivity contribution < 1.29 is 4.74 Å². The highest BCUT2D eigenvalue weighted by molar-refractivity contribution is 9.10. The maximum atomic E-state index is 5.75. The van der Waals surface area contributed by atoms with Crippen molar-refractivity contribution in [3.05, 3.63) is 52.6 Å². The average Bonchev–Trinajstić information content (AvgIpc) is 2.42. The molecule has 2 aromatic rings. The van der Waals surface area contributed by atoms with Crippen LogP contribution in [0.1, 0.15) is 12.0 Å². The van der Waals surface area contributed by atoms with Crippen molar-refractivity contribution >= 4 is 21.7 Å². The van der Waals surface area contributed by atoms with Gasteiger partial charge in [0.2, 0.25) is 0 Å². The summed E-state index contributed by atoms with van der Waals surface area (Å²) in [4.78, 5) is 4.20. The number of nitrogens with one attached hydrogen (secondary N) is 1. The Labute approximate surface area is 122 Å². The van der Waals surface area contributed by atoms with Gasteiger partial charge in [0.1, 0.15) is 11.6 Å². The normalized spacial score (nSPS) is 10.2. The third-order valence-corrected chi connectivity index (χ3v) is 3.18. The third-order valence-electron chi connectivity index (χ3n) is 2.69. The van der Waals surface area contributed by atoms with Gasteiger partial charge in [-0.1, -0.05) is 22.0 Å². The molecule has 2 rings (SSSR count). The molecule has 4 heteroatoms. The second-order valence-electron chi connectivity index (χ2n) is 4.25. The Hall–Kier alpha value is -1.55. The first-order valence-electron chi connectivity index (χ1n) is 6.29. The van der Waals surface area contributed by atoms with E-state index in [-0.39, 0.29) is 0 Å². The van der Waals surface area contributed by atoms with Crippen LogP contribution in [0.5, 0.6) is 5.75 Å². The molecular weight excluding hydrogens is 304 g/mol. The van der Waals surface area contributed by atoms with Gasteiger partial charge in [0.05, 0.1) is 6.61 Å². The Morgan fingerprint density at radius 3 is 2.89 bits per heavy atom. The SMILES string of the molecule is Cc1cc(Br)ccc1OCCCNc1ccccn1. The number of hydrogen-bond donors (Lipinski definition) is 1. The Balaban J connectivity index is 1.69. The van der Waals surface area contributed by atoms with Crippen LogP contribution in [0.3, 0.4) is 0 Å². The lowest BCUT2D eigenvalue weighted by Crippen LogP contribution is -2.08. The lowest BCUT2D eigenvalue weighted by atomic mass is 10.2. The van der Waals surface area contributed by atoms with Gasteiger partial charge in [0.15, 0.2) is 0 Å². The minimum atomic E-state index is 0.697. The van der Waals surface area contributed by atoms with E-state index < -0.39 is 0 Å². The molecule has 0 unspecified atom stereocenters.